The summed E-state index contributed by atoms with van der Waals surface area (Å²) in [5.41, 5.74) is -0.461. The SMILES string of the molecule is CCc1c(F)c(=O)oc2c1c1c(c3oc(C)cc(=O)c32)C=CC(C)O1. The highest BCUT2D eigenvalue weighted by Gasteiger charge is 2.27. The predicted octanol–water partition coefficient (Wildman–Crippen LogP) is 3.70. The van der Waals surface area contributed by atoms with Gasteiger partial charge in [0.15, 0.2) is 16.6 Å². The van der Waals surface area contributed by atoms with Crippen molar-refractivity contribution in [2.45, 2.75) is 33.3 Å². The first-order valence-corrected chi connectivity index (χ1v) is 8.02. The second-order valence-corrected chi connectivity index (χ2v) is 6.09. The van der Waals surface area contributed by atoms with Crippen LogP contribution in [0.15, 0.2) is 30.6 Å². The number of ether oxygens (including phenoxy) is 1. The summed E-state index contributed by atoms with van der Waals surface area (Å²) in [5.74, 6) is -0.171. The van der Waals surface area contributed by atoms with Gasteiger partial charge in [-0.15, -0.1) is 0 Å². The number of hydrogen-bond acceptors (Lipinski definition) is 5. The molecule has 3 heterocycles. The lowest BCUT2D eigenvalue weighted by atomic mass is 9.97. The Bertz CT molecular complexity index is 1180. The standard InChI is InChI=1S/C19H15FO5/c1-4-10-13-16-11(6-5-8(2)23-16)17-14(12(21)7-9(3)24-17)18(13)25-19(22)15(10)20/h5-8H,4H2,1-3H3. The number of benzene rings is 1. The van der Waals surface area contributed by atoms with Crippen molar-refractivity contribution in [3.05, 3.63) is 55.5 Å². The number of aryl methyl sites for hydroxylation is 2. The van der Waals surface area contributed by atoms with E-state index in [1.54, 1.807) is 19.9 Å². The second-order valence-electron chi connectivity index (χ2n) is 6.09. The minimum absolute atomic E-state index is 0.00764. The van der Waals surface area contributed by atoms with E-state index < -0.39 is 11.4 Å². The summed E-state index contributed by atoms with van der Waals surface area (Å²) in [4.78, 5) is 24.5. The fourth-order valence-electron chi connectivity index (χ4n) is 3.29. The molecule has 0 amide bonds. The minimum Gasteiger partial charge on any atom is -0.485 e. The molecular weight excluding hydrogens is 327 g/mol. The first-order chi connectivity index (χ1) is 11.9. The molecule has 0 N–H and O–H groups in total. The molecule has 128 valence electrons. The average Bonchev–Trinajstić information content (AvgIpc) is 2.56. The van der Waals surface area contributed by atoms with E-state index in [0.717, 1.165) is 0 Å². The van der Waals surface area contributed by atoms with Gasteiger partial charge in [0.25, 0.3) is 0 Å². The van der Waals surface area contributed by atoms with Crippen molar-refractivity contribution in [2.75, 3.05) is 0 Å². The van der Waals surface area contributed by atoms with Gasteiger partial charge in [-0.05, 0) is 32.4 Å². The van der Waals surface area contributed by atoms with Crippen molar-refractivity contribution in [1.82, 2.24) is 0 Å². The molecule has 0 saturated heterocycles. The molecule has 4 rings (SSSR count). The monoisotopic (exact) mass is 342 g/mol. The molecule has 1 aliphatic heterocycles. The van der Waals surface area contributed by atoms with Crippen LogP contribution in [0, 0.1) is 12.7 Å². The molecule has 1 aliphatic rings. The van der Waals surface area contributed by atoms with E-state index in [0.29, 0.717) is 22.5 Å². The first-order valence-electron chi connectivity index (χ1n) is 8.02. The van der Waals surface area contributed by atoms with Crippen molar-refractivity contribution >= 4 is 28.0 Å². The maximum atomic E-state index is 14.4. The van der Waals surface area contributed by atoms with Crippen molar-refractivity contribution in [3.8, 4) is 5.75 Å². The van der Waals surface area contributed by atoms with E-state index in [2.05, 4.69) is 0 Å². The van der Waals surface area contributed by atoms with Crippen LogP contribution >= 0.6 is 0 Å². The van der Waals surface area contributed by atoms with Crippen molar-refractivity contribution < 1.29 is 18.0 Å². The molecule has 1 unspecified atom stereocenters. The lowest BCUT2D eigenvalue weighted by Crippen LogP contribution is -2.17. The summed E-state index contributed by atoms with van der Waals surface area (Å²) in [7, 11) is 0. The Morgan fingerprint density at radius 2 is 1.92 bits per heavy atom. The fraction of sp³-hybridized carbons (Fsp3) is 0.263. The van der Waals surface area contributed by atoms with Crippen LogP contribution in [0.2, 0.25) is 0 Å². The topological polar surface area (TPSA) is 69.7 Å². The van der Waals surface area contributed by atoms with E-state index in [4.69, 9.17) is 13.6 Å². The lowest BCUT2D eigenvalue weighted by molar-refractivity contribution is 0.269. The van der Waals surface area contributed by atoms with Gasteiger partial charge in [0.1, 0.15) is 23.0 Å². The van der Waals surface area contributed by atoms with Gasteiger partial charge in [-0.25, -0.2) is 4.79 Å². The highest BCUT2D eigenvalue weighted by atomic mass is 19.1. The molecular formula is C19H15FO5. The quantitative estimate of drug-likeness (QED) is 0.498. The fourth-order valence-corrected chi connectivity index (χ4v) is 3.29. The van der Waals surface area contributed by atoms with Gasteiger partial charge in [0, 0.05) is 11.6 Å². The van der Waals surface area contributed by atoms with E-state index in [9.17, 15) is 14.0 Å². The Labute approximate surface area is 141 Å². The molecule has 1 aromatic carbocycles. The molecule has 0 spiro atoms. The van der Waals surface area contributed by atoms with Crippen molar-refractivity contribution in [3.63, 3.8) is 0 Å². The van der Waals surface area contributed by atoms with Crippen LogP contribution in [0.3, 0.4) is 0 Å². The van der Waals surface area contributed by atoms with Crippen molar-refractivity contribution in [1.29, 1.82) is 0 Å². The molecule has 0 aliphatic carbocycles. The normalized spacial score (nSPS) is 16.2. The molecule has 0 fully saturated rings. The molecule has 1 atom stereocenters. The van der Waals surface area contributed by atoms with Crippen LogP contribution in [0.25, 0.3) is 28.0 Å². The molecule has 0 bridgehead atoms. The van der Waals surface area contributed by atoms with Gasteiger partial charge >= 0.3 is 5.63 Å². The predicted molar refractivity (Wildman–Crippen MR) is 91.7 cm³/mol. The van der Waals surface area contributed by atoms with E-state index >= 15 is 0 Å². The number of fused-ring (bicyclic) bond motifs is 6. The third kappa shape index (κ3) is 2.13. The van der Waals surface area contributed by atoms with Crippen LogP contribution in [-0.4, -0.2) is 6.10 Å². The molecule has 0 saturated carbocycles. The smallest absolute Gasteiger partial charge is 0.372 e. The summed E-state index contributed by atoms with van der Waals surface area (Å²) in [5, 5.41) is 0.434. The van der Waals surface area contributed by atoms with Crippen LogP contribution in [0.4, 0.5) is 4.39 Å². The van der Waals surface area contributed by atoms with Gasteiger partial charge in [-0.3, -0.25) is 4.79 Å². The summed E-state index contributed by atoms with van der Waals surface area (Å²) >= 11 is 0. The minimum atomic E-state index is -1.11. The van der Waals surface area contributed by atoms with Gasteiger partial charge in [-0.1, -0.05) is 6.92 Å². The summed E-state index contributed by atoms with van der Waals surface area (Å²) in [6.07, 6.45) is 3.61. The molecule has 3 aromatic rings. The Morgan fingerprint density at radius 3 is 2.64 bits per heavy atom. The highest BCUT2D eigenvalue weighted by molar-refractivity contribution is 6.10. The van der Waals surface area contributed by atoms with Gasteiger partial charge in [0.05, 0.1) is 10.9 Å². The zero-order chi connectivity index (χ0) is 17.9. The summed E-state index contributed by atoms with van der Waals surface area (Å²) in [6.45, 7) is 5.22. The maximum Gasteiger partial charge on any atom is 0.372 e. The Morgan fingerprint density at radius 1 is 1.16 bits per heavy atom. The largest absolute Gasteiger partial charge is 0.485 e. The van der Waals surface area contributed by atoms with E-state index in [-0.39, 0.29) is 40.1 Å². The van der Waals surface area contributed by atoms with Crippen LogP contribution in [0.1, 0.15) is 30.7 Å². The zero-order valence-electron chi connectivity index (χ0n) is 13.9. The second kappa shape index (κ2) is 5.31. The van der Waals surface area contributed by atoms with Gasteiger partial charge in [0.2, 0.25) is 5.82 Å². The van der Waals surface area contributed by atoms with Crippen LogP contribution < -0.4 is 15.8 Å². The number of hydrogen-bond donors (Lipinski definition) is 0. The zero-order valence-corrected chi connectivity index (χ0v) is 13.9. The highest BCUT2D eigenvalue weighted by Crippen LogP contribution is 2.42. The molecule has 6 heteroatoms. The average molecular weight is 342 g/mol. The Kier molecular flexibility index (Phi) is 3.32. The molecule has 0 radical (unpaired) electrons. The Balaban J connectivity index is 2.39. The van der Waals surface area contributed by atoms with Crippen LogP contribution in [-0.2, 0) is 6.42 Å². The van der Waals surface area contributed by atoms with Gasteiger partial charge < -0.3 is 13.6 Å². The first kappa shape index (κ1) is 15.6. The maximum absolute atomic E-state index is 14.4. The number of halogens is 1. The molecule has 2 aromatic heterocycles. The van der Waals surface area contributed by atoms with Crippen molar-refractivity contribution in [2.24, 2.45) is 0 Å². The van der Waals surface area contributed by atoms with Crippen LogP contribution in [0.5, 0.6) is 5.75 Å². The van der Waals surface area contributed by atoms with E-state index in [1.165, 1.54) is 6.07 Å². The third-order valence-corrected chi connectivity index (χ3v) is 4.37. The molecule has 5 nitrogen and oxygen atoms in total. The number of rotatable bonds is 1. The lowest BCUT2D eigenvalue weighted by Gasteiger charge is -2.22. The third-order valence-electron chi connectivity index (χ3n) is 4.37. The molecule has 25 heavy (non-hydrogen) atoms. The van der Waals surface area contributed by atoms with Gasteiger partial charge in [-0.2, -0.15) is 4.39 Å². The summed E-state index contributed by atoms with van der Waals surface area (Å²) in [6, 6.07) is 1.32. The van der Waals surface area contributed by atoms with E-state index in [1.807, 2.05) is 13.0 Å². The Hall–Kier alpha value is -2.89. The summed E-state index contributed by atoms with van der Waals surface area (Å²) < 4.78 is 31.2.